The third-order valence-electron chi connectivity index (χ3n) is 5.14. The van der Waals surface area contributed by atoms with Crippen molar-refractivity contribution in [2.75, 3.05) is 6.54 Å². The molecular formula is C19H22N6O. The van der Waals surface area contributed by atoms with Gasteiger partial charge in [-0.1, -0.05) is 29.5 Å². The molecule has 134 valence electrons. The SMILES string of the molecule is N#C[C@@H]1CCCN1C(=O)[C@@H](N)Cc1ccc(-c2cn(C3CC3)nn2)cc1. The summed E-state index contributed by atoms with van der Waals surface area (Å²) in [5.74, 6) is -0.134. The number of amides is 1. The number of nitriles is 1. The fraction of sp³-hybridized carbons (Fsp3) is 0.474. The number of hydrogen-bond donors (Lipinski definition) is 1. The molecule has 2 aromatic rings. The van der Waals surface area contributed by atoms with Crippen LogP contribution in [0.3, 0.4) is 0 Å². The van der Waals surface area contributed by atoms with Gasteiger partial charge in [-0.15, -0.1) is 5.10 Å². The predicted octanol–water partition coefficient (Wildman–Crippen LogP) is 1.66. The zero-order chi connectivity index (χ0) is 18.1. The summed E-state index contributed by atoms with van der Waals surface area (Å²) < 4.78 is 1.93. The molecule has 0 radical (unpaired) electrons. The largest absolute Gasteiger partial charge is 0.325 e. The first-order chi connectivity index (χ1) is 12.7. The first kappa shape index (κ1) is 16.7. The van der Waals surface area contributed by atoms with Gasteiger partial charge in [-0.3, -0.25) is 4.79 Å². The van der Waals surface area contributed by atoms with E-state index in [1.807, 2.05) is 35.1 Å². The monoisotopic (exact) mass is 350 g/mol. The van der Waals surface area contributed by atoms with Crippen LogP contribution in [0.5, 0.6) is 0 Å². The highest BCUT2D eigenvalue weighted by Crippen LogP contribution is 2.34. The lowest BCUT2D eigenvalue weighted by Crippen LogP contribution is -2.46. The van der Waals surface area contributed by atoms with E-state index in [-0.39, 0.29) is 11.9 Å². The van der Waals surface area contributed by atoms with Crippen molar-refractivity contribution < 1.29 is 4.79 Å². The lowest BCUT2D eigenvalue weighted by molar-refractivity contribution is -0.132. The van der Waals surface area contributed by atoms with Crippen molar-refractivity contribution in [2.24, 2.45) is 5.73 Å². The Morgan fingerprint density at radius 2 is 2.08 bits per heavy atom. The van der Waals surface area contributed by atoms with E-state index in [2.05, 4.69) is 16.4 Å². The second-order valence-electron chi connectivity index (χ2n) is 7.14. The van der Waals surface area contributed by atoms with Gasteiger partial charge in [0.25, 0.3) is 0 Å². The number of hydrogen-bond acceptors (Lipinski definition) is 5. The van der Waals surface area contributed by atoms with Crippen LogP contribution in [-0.2, 0) is 11.2 Å². The highest BCUT2D eigenvalue weighted by Gasteiger charge is 2.31. The summed E-state index contributed by atoms with van der Waals surface area (Å²) in [5, 5.41) is 17.5. The zero-order valence-electron chi connectivity index (χ0n) is 14.6. The zero-order valence-corrected chi connectivity index (χ0v) is 14.6. The predicted molar refractivity (Wildman–Crippen MR) is 95.8 cm³/mol. The number of likely N-dealkylation sites (tertiary alicyclic amines) is 1. The fourth-order valence-corrected chi connectivity index (χ4v) is 3.46. The summed E-state index contributed by atoms with van der Waals surface area (Å²) in [5.41, 5.74) is 8.97. The highest BCUT2D eigenvalue weighted by atomic mass is 16.2. The Kier molecular flexibility index (Phi) is 4.43. The maximum Gasteiger partial charge on any atom is 0.240 e. The maximum atomic E-state index is 12.5. The minimum atomic E-state index is -0.620. The first-order valence-corrected chi connectivity index (χ1v) is 9.12. The van der Waals surface area contributed by atoms with Crippen molar-refractivity contribution >= 4 is 5.91 Å². The average Bonchev–Trinajstić information content (AvgIpc) is 3.21. The lowest BCUT2D eigenvalue weighted by Gasteiger charge is -2.23. The van der Waals surface area contributed by atoms with Crippen LogP contribution in [0, 0.1) is 11.3 Å². The molecule has 1 aromatic carbocycles. The number of rotatable bonds is 5. The van der Waals surface area contributed by atoms with Gasteiger partial charge in [0, 0.05) is 12.1 Å². The molecule has 1 amide bonds. The van der Waals surface area contributed by atoms with Crippen LogP contribution < -0.4 is 5.73 Å². The Hall–Kier alpha value is -2.72. The van der Waals surface area contributed by atoms with E-state index in [0.717, 1.165) is 29.7 Å². The van der Waals surface area contributed by atoms with Gasteiger partial charge >= 0.3 is 0 Å². The number of carbonyl (C=O) groups is 1. The van der Waals surface area contributed by atoms with E-state index >= 15 is 0 Å². The van der Waals surface area contributed by atoms with E-state index < -0.39 is 6.04 Å². The maximum absolute atomic E-state index is 12.5. The minimum Gasteiger partial charge on any atom is -0.325 e. The van der Waals surface area contributed by atoms with Crippen LogP contribution >= 0.6 is 0 Å². The van der Waals surface area contributed by atoms with Crippen LogP contribution in [0.25, 0.3) is 11.3 Å². The van der Waals surface area contributed by atoms with Crippen molar-refractivity contribution in [3.05, 3.63) is 36.0 Å². The second-order valence-corrected chi connectivity index (χ2v) is 7.14. The van der Waals surface area contributed by atoms with Crippen molar-refractivity contribution in [1.82, 2.24) is 19.9 Å². The summed E-state index contributed by atoms with van der Waals surface area (Å²) in [6.07, 6.45) is 6.41. The van der Waals surface area contributed by atoms with E-state index in [9.17, 15) is 4.79 Å². The van der Waals surface area contributed by atoms with Gasteiger partial charge in [0.15, 0.2) is 0 Å². The molecule has 7 heteroatoms. The lowest BCUT2D eigenvalue weighted by atomic mass is 10.0. The molecule has 1 aromatic heterocycles. The van der Waals surface area contributed by atoms with Crippen molar-refractivity contribution in [3.63, 3.8) is 0 Å². The van der Waals surface area contributed by atoms with Crippen LogP contribution in [0.4, 0.5) is 0 Å². The number of nitrogens with zero attached hydrogens (tertiary/aromatic N) is 5. The molecule has 2 aliphatic rings. The minimum absolute atomic E-state index is 0.134. The Bertz CT molecular complexity index is 832. The van der Waals surface area contributed by atoms with Crippen LogP contribution in [0.2, 0.25) is 0 Å². The summed E-state index contributed by atoms with van der Waals surface area (Å²) >= 11 is 0. The Morgan fingerprint density at radius 1 is 1.31 bits per heavy atom. The van der Waals surface area contributed by atoms with E-state index in [1.54, 1.807) is 4.90 Å². The molecule has 0 unspecified atom stereocenters. The molecule has 4 rings (SSSR count). The van der Waals surface area contributed by atoms with Crippen molar-refractivity contribution in [2.45, 2.75) is 50.2 Å². The normalized spacial score (nSPS) is 20.8. The quantitative estimate of drug-likeness (QED) is 0.884. The summed E-state index contributed by atoms with van der Waals surface area (Å²) in [7, 11) is 0. The topological polar surface area (TPSA) is 101 Å². The smallest absolute Gasteiger partial charge is 0.240 e. The van der Waals surface area contributed by atoms with Gasteiger partial charge in [-0.25, -0.2) is 4.68 Å². The standard InChI is InChI=1S/C19H22N6O/c20-11-16-2-1-9-24(16)19(26)17(21)10-13-3-5-14(6-4-13)18-12-25(23-22-18)15-7-8-15/h3-6,12,15-17H,1-2,7-10,21H2/t16-,17-/m0/s1. The third kappa shape index (κ3) is 3.33. The van der Waals surface area contributed by atoms with Gasteiger partial charge in [-0.2, -0.15) is 5.26 Å². The van der Waals surface area contributed by atoms with Gasteiger partial charge < -0.3 is 10.6 Å². The molecule has 1 saturated carbocycles. The molecule has 1 aliphatic carbocycles. The Balaban J connectivity index is 1.40. The third-order valence-corrected chi connectivity index (χ3v) is 5.14. The molecule has 26 heavy (non-hydrogen) atoms. The number of carbonyl (C=O) groups excluding carboxylic acids is 1. The second kappa shape index (κ2) is 6.89. The van der Waals surface area contributed by atoms with Crippen LogP contribution in [0.15, 0.2) is 30.5 Å². The molecule has 2 heterocycles. The van der Waals surface area contributed by atoms with Crippen LogP contribution in [-0.4, -0.2) is 44.4 Å². The molecule has 0 spiro atoms. The fourth-order valence-electron chi connectivity index (χ4n) is 3.46. The summed E-state index contributed by atoms with van der Waals surface area (Å²) in [6, 6.07) is 9.68. The Labute approximate surface area is 152 Å². The molecule has 2 N–H and O–H groups in total. The van der Waals surface area contributed by atoms with Crippen molar-refractivity contribution in [3.8, 4) is 17.3 Å². The number of aromatic nitrogens is 3. The molecule has 2 atom stereocenters. The van der Waals surface area contributed by atoms with E-state index in [1.165, 1.54) is 12.8 Å². The molecule has 1 aliphatic heterocycles. The van der Waals surface area contributed by atoms with Gasteiger partial charge in [0.2, 0.25) is 5.91 Å². The average molecular weight is 350 g/mol. The first-order valence-electron chi connectivity index (χ1n) is 9.12. The molecular weight excluding hydrogens is 328 g/mol. The van der Waals surface area contributed by atoms with Gasteiger partial charge in [-0.05, 0) is 37.7 Å². The molecule has 7 nitrogen and oxygen atoms in total. The number of benzene rings is 1. The van der Waals surface area contributed by atoms with Gasteiger partial charge in [0.1, 0.15) is 11.7 Å². The summed E-state index contributed by atoms with van der Waals surface area (Å²) in [6.45, 7) is 0.625. The van der Waals surface area contributed by atoms with Crippen LogP contribution in [0.1, 0.15) is 37.3 Å². The highest BCUT2D eigenvalue weighted by molar-refractivity contribution is 5.83. The molecule has 0 bridgehead atoms. The summed E-state index contributed by atoms with van der Waals surface area (Å²) in [4.78, 5) is 14.1. The van der Waals surface area contributed by atoms with Crippen molar-refractivity contribution in [1.29, 1.82) is 5.26 Å². The Morgan fingerprint density at radius 3 is 2.77 bits per heavy atom. The van der Waals surface area contributed by atoms with E-state index in [4.69, 9.17) is 11.0 Å². The molecule has 2 fully saturated rings. The van der Waals surface area contributed by atoms with E-state index in [0.29, 0.717) is 19.0 Å². The molecule has 1 saturated heterocycles. The van der Waals surface area contributed by atoms with Gasteiger partial charge in [0.05, 0.1) is 24.3 Å². The number of nitrogens with two attached hydrogens (primary N) is 1.